The van der Waals surface area contributed by atoms with E-state index in [0.717, 1.165) is 12.1 Å². The van der Waals surface area contributed by atoms with Crippen molar-refractivity contribution in [1.82, 2.24) is 5.32 Å². The van der Waals surface area contributed by atoms with Gasteiger partial charge in [0.25, 0.3) is 0 Å². The zero-order chi connectivity index (χ0) is 5.28. The molecule has 0 saturated carbocycles. The van der Waals surface area contributed by atoms with E-state index in [1.165, 1.54) is 6.42 Å². The van der Waals surface area contributed by atoms with E-state index in [4.69, 9.17) is 0 Å². The van der Waals surface area contributed by atoms with Crippen molar-refractivity contribution in [2.75, 3.05) is 0 Å². The predicted molar refractivity (Wildman–Crippen MR) is 31.0 cm³/mol. The first-order valence-corrected chi connectivity index (χ1v) is 2.94. The van der Waals surface area contributed by atoms with Crippen molar-refractivity contribution in [2.24, 2.45) is 0 Å². The molecule has 1 aliphatic heterocycles. The van der Waals surface area contributed by atoms with Crippen molar-refractivity contribution in [2.45, 2.75) is 32.4 Å². The molecule has 0 aliphatic carbocycles. The Balaban J connectivity index is 2.06. The lowest BCUT2D eigenvalue weighted by Crippen LogP contribution is -1.87. The van der Waals surface area contributed by atoms with Crippen molar-refractivity contribution in [3.8, 4) is 0 Å². The largest absolute Gasteiger partial charge is 0.266 e. The van der Waals surface area contributed by atoms with Crippen molar-refractivity contribution in [3.63, 3.8) is 0 Å². The standard InChI is InChI=1S/C6H12N/c1-3-5-6(4-2)7-5/h3,5-7H,4H2,1-2H3/q+1. The fraction of sp³-hybridized carbons (Fsp3) is 0.833. The number of rotatable bonds is 2. The molecule has 0 aromatic carbocycles. The first-order valence-electron chi connectivity index (χ1n) is 2.94. The molecule has 1 nitrogen and oxygen atoms in total. The van der Waals surface area contributed by atoms with Gasteiger partial charge in [0, 0.05) is 0 Å². The normalized spacial score (nSPS) is 38.0. The fourth-order valence-corrected chi connectivity index (χ4v) is 0.892. The summed E-state index contributed by atoms with van der Waals surface area (Å²) < 4.78 is 0. The third kappa shape index (κ3) is 0.885. The third-order valence-electron chi connectivity index (χ3n) is 1.53. The third-order valence-corrected chi connectivity index (χ3v) is 1.53. The smallest absolute Gasteiger partial charge is 0.164 e. The van der Waals surface area contributed by atoms with Crippen LogP contribution in [0.2, 0.25) is 0 Å². The molecule has 0 aromatic rings. The summed E-state index contributed by atoms with van der Waals surface area (Å²) in [5, 5.41) is 3.31. The summed E-state index contributed by atoms with van der Waals surface area (Å²) in [7, 11) is 0. The van der Waals surface area contributed by atoms with Gasteiger partial charge in [0.05, 0.1) is 19.4 Å². The van der Waals surface area contributed by atoms with Gasteiger partial charge in [-0.25, -0.2) is 0 Å². The Bertz CT molecular complexity index is 53.2. The lowest BCUT2D eigenvalue weighted by atomic mass is 10.2. The number of hydrogen-bond acceptors (Lipinski definition) is 1. The summed E-state index contributed by atoms with van der Waals surface area (Å²) in [6.45, 7) is 4.31. The van der Waals surface area contributed by atoms with E-state index in [2.05, 4.69) is 25.6 Å². The van der Waals surface area contributed by atoms with Crippen LogP contribution in [0.4, 0.5) is 0 Å². The van der Waals surface area contributed by atoms with Crippen molar-refractivity contribution in [1.29, 1.82) is 0 Å². The van der Waals surface area contributed by atoms with Gasteiger partial charge in [-0.1, -0.05) is 6.92 Å². The minimum atomic E-state index is 0.741. The van der Waals surface area contributed by atoms with Crippen molar-refractivity contribution >= 4 is 0 Å². The fourth-order valence-electron chi connectivity index (χ4n) is 0.892. The van der Waals surface area contributed by atoms with Gasteiger partial charge in [0.2, 0.25) is 0 Å². The second-order valence-corrected chi connectivity index (χ2v) is 2.04. The summed E-state index contributed by atoms with van der Waals surface area (Å²) in [6.07, 6.45) is 3.49. The minimum absolute atomic E-state index is 0.741. The molecule has 0 aromatic heterocycles. The second-order valence-electron chi connectivity index (χ2n) is 2.04. The molecule has 2 atom stereocenters. The summed E-state index contributed by atoms with van der Waals surface area (Å²) in [5.74, 6) is 0. The Kier molecular flexibility index (Phi) is 1.24. The van der Waals surface area contributed by atoms with Crippen LogP contribution < -0.4 is 5.32 Å². The van der Waals surface area contributed by atoms with Gasteiger partial charge in [-0.3, -0.25) is 5.32 Å². The molecule has 1 aliphatic rings. The van der Waals surface area contributed by atoms with Crippen LogP contribution in [0.3, 0.4) is 0 Å². The molecular weight excluding hydrogens is 86.1 g/mol. The Hall–Kier alpha value is -0.170. The van der Waals surface area contributed by atoms with Crippen LogP contribution >= 0.6 is 0 Å². The monoisotopic (exact) mass is 98.1 g/mol. The highest BCUT2D eigenvalue weighted by atomic mass is 15.1. The van der Waals surface area contributed by atoms with Crippen molar-refractivity contribution in [3.05, 3.63) is 6.42 Å². The van der Waals surface area contributed by atoms with Crippen LogP contribution in [0, 0.1) is 6.42 Å². The molecule has 1 heterocycles. The molecule has 2 unspecified atom stereocenters. The Morgan fingerprint density at radius 2 is 2.43 bits per heavy atom. The molecule has 7 heavy (non-hydrogen) atoms. The van der Waals surface area contributed by atoms with E-state index in [9.17, 15) is 0 Å². The average Bonchev–Trinajstić information content (AvgIpc) is 2.43. The van der Waals surface area contributed by atoms with Gasteiger partial charge in [0.15, 0.2) is 6.04 Å². The predicted octanol–water partition coefficient (Wildman–Crippen LogP) is 0.961. The molecule has 0 bridgehead atoms. The number of nitrogens with one attached hydrogen (secondary N) is 1. The molecule has 0 radical (unpaired) electrons. The Morgan fingerprint density at radius 3 is 2.57 bits per heavy atom. The van der Waals surface area contributed by atoms with E-state index in [-0.39, 0.29) is 0 Å². The van der Waals surface area contributed by atoms with Crippen molar-refractivity contribution < 1.29 is 0 Å². The SMILES string of the molecule is C[CH+]C1NC1CC. The van der Waals surface area contributed by atoms with Crippen LogP contribution in [-0.4, -0.2) is 12.1 Å². The maximum Gasteiger partial charge on any atom is 0.164 e. The lowest BCUT2D eigenvalue weighted by Gasteiger charge is -1.74. The summed E-state index contributed by atoms with van der Waals surface area (Å²) >= 11 is 0. The highest BCUT2D eigenvalue weighted by molar-refractivity contribution is 5.03. The van der Waals surface area contributed by atoms with E-state index >= 15 is 0 Å². The first-order chi connectivity index (χ1) is 3.38. The Morgan fingerprint density at radius 1 is 1.71 bits per heavy atom. The molecule has 0 spiro atoms. The topological polar surface area (TPSA) is 21.9 Å². The first kappa shape index (κ1) is 4.98. The Labute approximate surface area is 45.1 Å². The van der Waals surface area contributed by atoms with Gasteiger partial charge in [-0.15, -0.1) is 0 Å². The van der Waals surface area contributed by atoms with E-state index in [0.29, 0.717) is 0 Å². The highest BCUT2D eigenvalue weighted by Gasteiger charge is 2.39. The number of hydrogen-bond donors (Lipinski definition) is 1. The zero-order valence-electron chi connectivity index (χ0n) is 4.94. The van der Waals surface area contributed by atoms with Gasteiger partial charge >= 0.3 is 0 Å². The molecule has 1 heteroatoms. The van der Waals surface area contributed by atoms with Gasteiger partial charge in [-0.2, -0.15) is 0 Å². The lowest BCUT2D eigenvalue weighted by molar-refractivity contribution is 0.875. The van der Waals surface area contributed by atoms with Crippen LogP contribution in [0.25, 0.3) is 0 Å². The minimum Gasteiger partial charge on any atom is -0.266 e. The summed E-state index contributed by atoms with van der Waals surface area (Å²) in [4.78, 5) is 0. The molecule has 0 amide bonds. The van der Waals surface area contributed by atoms with E-state index in [1.54, 1.807) is 0 Å². The van der Waals surface area contributed by atoms with Crippen LogP contribution in [0.1, 0.15) is 20.3 Å². The molecular formula is C6H12N+. The average molecular weight is 98.2 g/mol. The molecule has 1 N–H and O–H groups in total. The second kappa shape index (κ2) is 1.74. The van der Waals surface area contributed by atoms with Crippen LogP contribution in [0.5, 0.6) is 0 Å². The van der Waals surface area contributed by atoms with Gasteiger partial charge in [-0.05, 0) is 6.42 Å². The van der Waals surface area contributed by atoms with Gasteiger partial charge < -0.3 is 0 Å². The quantitative estimate of drug-likeness (QED) is 0.403. The zero-order valence-corrected chi connectivity index (χ0v) is 4.94. The maximum absolute atomic E-state index is 3.31. The van der Waals surface area contributed by atoms with E-state index in [1.807, 2.05) is 0 Å². The summed E-state index contributed by atoms with van der Waals surface area (Å²) in [5.41, 5.74) is 0. The highest BCUT2D eigenvalue weighted by Crippen LogP contribution is 2.15. The summed E-state index contributed by atoms with van der Waals surface area (Å²) in [6, 6.07) is 1.55. The maximum atomic E-state index is 3.31. The van der Waals surface area contributed by atoms with Gasteiger partial charge in [0.1, 0.15) is 0 Å². The van der Waals surface area contributed by atoms with Crippen LogP contribution in [0.15, 0.2) is 0 Å². The van der Waals surface area contributed by atoms with E-state index < -0.39 is 0 Å². The molecule has 1 saturated heterocycles. The molecule has 1 fully saturated rings. The van der Waals surface area contributed by atoms with Crippen LogP contribution in [-0.2, 0) is 0 Å². The molecule has 1 rings (SSSR count). The molecule has 40 valence electrons.